The molecule has 3 atom stereocenters. The van der Waals surface area contributed by atoms with E-state index in [1.165, 1.54) is 0 Å². The number of nitrogens with one attached hydrogen (secondary N) is 1. The number of urea groups is 1. The number of rotatable bonds is 3. The molecule has 3 aliphatic heterocycles. The molecule has 1 saturated carbocycles. The van der Waals surface area contributed by atoms with Crippen molar-refractivity contribution in [2.24, 2.45) is 10.9 Å². The molecule has 2 saturated heterocycles. The molecule has 160 valence electrons. The average molecular weight is 406 g/mol. The van der Waals surface area contributed by atoms with Crippen molar-refractivity contribution in [1.82, 2.24) is 15.3 Å². The van der Waals surface area contributed by atoms with Crippen molar-refractivity contribution in [2.45, 2.75) is 83.1 Å². The van der Waals surface area contributed by atoms with Crippen molar-refractivity contribution < 1.29 is 24.3 Å². The molecule has 0 aromatic carbocycles. The Kier molecular flexibility index (Phi) is 4.96. The summed E-state index contributed by atoms with van der Waals surface area (Å²) < 4.78 is 11.4. The Morgan fingerprint density at radius 2 is 2.07 bits per heavy atom. The van der Waals surface area contributed by atoms with Gasteiger partial charge in [0.15, 0.2) is 0 Å². The number of nitrogens with zero attached hydrogens (tertiary/aromatic N) is 3. The quantitative estimate of drug-likeness (QED) is 0.701. The lowest BCUT2D eigenvalue weighted by atomic mass is 9.78. The van der Waals surface area contributed by atoms with E-state index in [-0.39, 0.29) is 36.1 Å². The molecule has 9 nitrogen and oxygen atoms in total. The smallest absolute Gasteiger partial charge is 0.407 e. The molecule has 3 amide bonds. The average Bonchev–Trinajstić information content (AvgIpc) is 2.80. The Labute approximate surface area is 170 Å². The fourth-order valence-electron chi connectivity index (χ4n) is 4.38. The van der Waals surface area contributed by atoms with Crippen LogP contribution in [0.5, 0.6) is 0 Å². The number of ether oxygens (including phenoxy) is 2. The van der Waals surface area contributed by atoms with Gasteiger partial charge in [-0.25, -0.2) is 19.6 Å². The Morgan fingerprint density at radius 3 is 2.76 bits per heavy atom. The van der Waals surface area contributed by atoms with Crippen LogP contribution in [0.25, 0.3) is 0 Å². The van der Waals surface area contributed by atoms with Crippen molar-refractivity contribution in [3.8, 4) is 0 Å². The number of fused-ring (bicyclic) bond motifs is 2. The van der Waals surface area contributed by atoms with Gasteiger partial charge in [0.1, 0.15) is 17.4 Å². The molecule has 0 radical (unpaired) electrons. The highest BCUT2D eigenvalue weighted by atomic mass is 16.6. The second-order valence-corrected chi connectivity index (χ2v) is 9.42. The molecule has 3 heterocycles. The van der Waals surface area contributed by atoms with Crippen molar-refractivity contribution in [3.05, 3.63) is 11.8 Å². The fraction of sp³-hybridized carbons (Fsp3) is 0.750. The van der Waals surface area contributed by atoms with Crippen molar-refractivity contribution in [2.75, 3.05) is 6.54 Å². The van der Waals surface area contributed by atoms with Gasteiger partial charge < -0.3 is 19.7 Å². The topological polar surface area (TPSA) is 104 Å². The number of piperidine rings is 1. The van der Waals surface area contributed by atoms with Gasteiger partial charge in [0.25, 0.3) is 0 Å². The zero-order valence-electron chi connectivity index (χ0n) is 17.4. The molecule has 1 aliphatic carbocycles. The van der Waals surface area contributed by atoms with Crippen LogP contribution in [-0.4, -0.2) is 69.5 Å². The minimum Gasteiger partial charge on any atom is -0.445 e. The summed E-state index contributed by atoms with van der Waals surface area (Å²) in [5.41, 5.74) is -0.515. The van der Waals surface area contributed by atoms with Gasteiger partial charge in [-0.1, -0.05) is 0 Å². The number of aliphatic imine (C=N–C) groups is 1. The standard InChI is InChI=1S/C20H30N4O5/c1-11-7-16(12-8-13(9-12)22-18(25)29-20(2,3)4)28-17(21-11)15-6-5-14-10-23(15)19(26)24(14)27/h7,11-15,27H,5-6,8-10H2,1-4H3,(H,22,25). The maximum Gasteiger partial charge on any atom is 0.407 e. The molecule has 2 bridgehead atoms. The number of alkyl carbamates (subject to hydrolysis) is 1. The van der Waals surface area contributed by atoms with Gasteiger partial charge in [-0.2, -0.15) is 0 Å². The lowest BCUT2D eigenvalue weighted by molar-refractivity contribution is -0.0583. The zero-order valence-corrected chi connectivity index (χ0v) is 17.4. The van der Waals surface area contributed by atoms with E-state index in [1.807, 2.05) is 33.8 Å². The van der Waals surface area contributed by atoms with E-state index in [0.717, 1.165) is 36.5 Å². The summed E-state index contributed by atoms with van der Waals surface area (Å²) in [6, 6.07) is -0.722. The number of hydrogen-bond acceptors (Lipinski definition) is 6. The number of hydrogen-bond donors (Lipinski definition) is 2. The Hall–Kier alpha value is -2.29. The SMILES string of the molecule is CC1C=C(C2CC(NC(=O)OC(C)(C)C)C2)OC(C2CCC3CN2C(=O)N3O)=N1. The summed E-state index contributed by atoms with van der Waals surface area (Å²) in [5, 5.41) is 13.6. The summed E-state index contributed by atoms with van der Waals surface area (Å²) in [5.74, 6) is 1.63. The lowest BCUT2D eigenvalue weighted by Crippen LogP contribution is -2.49. The van der Waals surface area contributed by atoms with E-state index in [9.17, 15) is 14.8 Å². The summed E-state index contributed by atoms with van der Waals surface area (Å²) in [6.45, 7) is 8.02. The normalized spacial score (nSPS) is 34.1. The number of allylic oxidation sites excluding steroid dienone is 1. The maximum atomic E-state index is 12.3. The van der Waals surface area contributed by atoms with Gasteiger partial charge in [0.05, 0.1) is 12.1 Å². The van der Waals surface area contributed by atoms with E-state index >= 15 is 0 Å². The molecular weight excluding hydrogens is 376 g/mol. The number of hydroxylamine groups is 2. The third kappa shape index (κ3) is 4.05. The van der Waals surface area contributed by atoms with Gasteiger partial charge in [-0.15, -0.1) is 0 Å². The molecule has 3 unspecified atom stereocenters. The van der Waals surface area contributed by atoms with Crippen molar-refractivity contribution >= 4 is 18.0 Å². The van der Waals surface area contributed by atoms with E-state index in [1.54, 1.807) is 4.90 Å². The minimum atomic E-state index is -0.515. The van der Waals surface area contributed by atoms with Crippen LogP contribution in [0.15, 0.2) is 16.8 Å². The molecule has 0 aromatic rings. The molecule has 2 N–H and O–H groups in total. The first-order valence-electron chi connectivity index (χ1n) is 10.4. The van der Waals surface area contributed by atoms with Gasteiger partial charge in [-0.3, -0.25) is 5.21 Å². The highest BCUT2D eigenvalue weighted by molar-refractivity contribution is 5.89. The molecule has 9 heteroatoms. The van der Waals surface area contributed by atoms with Crippen LogP contribution in [0.2, 0.25) is 0 Å². The van der Waals surface area contributed by atoms with Gasteiger partial charge in [0.2, 0.25) is 5.90 Å². The summed E-state index contributed by atoms with van der Waals surface area (Å²) in [6.07, 6.45) is 4.63. The van der Waals surface area contributed by atoms with Crippen molar-refractivity contribution in [3.63, 3.8) is 0 Å². The highest BCUT2D eigenvalue weighted by Crippen LogP contribution is 2.38. The first-order valence-corrected chi connectivity index (χ1v) is 10.4. The van der Waals surface area contributed by atoms with E-state index in [0.29, 0.717) is 12.4 Å². The van der Waals surface area contributed by atoms with E-state index in [2.05, 4.69) is 10.3 Å². The predicted molar refractivity (Wildman–Crippen MR) is 104 cm³/mol. The largest absolute Gasteiger partial charge is 0.445 e. The van der Waals surface area contributed by atoms with E-state index < -0.39 is 11.7 Å². The summed E-state index contributed by atoms with van der Waals surface area (Å²) in [4.78, 5) is 30.5. The Morgan fingerprint density at radius 1 is 1.34 bits per heavy atom. The monoisotopic (exact) mass is 406 g/mol. The molecule has 4 aliphatic rings. The number of carbonyl (C=O) groups excluding carboxylic acids is 2. The van der Waals surface area contributed by atoms with Crippen LogP contribution < -0.4 is 5.32 Å². The molecule has 3 fully saturated rings. The first kappa shape index (κ1) is 20.0. The highest BCUT2D eigenvalue weighted by Gasteiger charge is 2.47. The van der Waals surface area contributed by atoms with E-state index in [4.69, 9.17) is 9.47 Å². The molecule has 0 aromatic heterocycles. The minimum absolute atomic E-state index is 0.0349. The summed E-state index contributed by atoms with van der Waals surface area (Å²) in [7, 11) is 0. The van der Waals surface area contributed by atoms with Gasteiger partial charge in [0, 0.05) is 18.5 Å². The molecule has 0 spiro atoms. The zero-order chi connectivity index (χ0) is 20.9. The lowest BCUT2D eigenvalue weighted by Gasteiger charge is -2.40. The third-order valence-corrected chi connectivity index (χ3v) is 5.85. The molecule has 4 rings (SSSR count). The van der Waals surface area contributed by atoms with Crippen LogP contribution in [0.3, 0.4) is 0 Å². The summed E-state index contributed by atoms with van der Waals surface area (Å²) >= 11 is 0. The van der Waals surface area contributed by atoms with Crippen LogP contribution in [0.4, 0.5) is 9.59 Å². The van der Waals surface area contributed by atoms with Gasteiger partial charge in [-0.05, 0) is 59.5 Å². The second-order valence-electron chi connectivity index (χ2n) is 9.42. The van der Waals surface area contributed by atoms with Crippen LogP contribution in [-0.2, 0) is 9.47 Å². The molecular formula is C20H30N4O5. The van der Waals surface area contributed by atoms with Crippen LogP contribution >= 0.6 is 0 Å². The Bertz CT molecular complexity index is 752. The number of amides is 3. The molecule has 29 heavy (non-hydrogen) atoms. The van der Waals surface area contributed by atoms with Crippen LogP contribution in [0, 0.1) is 5.92 Å². The second kappa shape index (κ2) is 7.19. The predicted octanol–water partition coefficient (Wildman–Crippen LogP) is 2.65. The first-order chi connectivity index (χ1) is 13.6. The van der Waals surface area contributed by atoms with Gasteiger partial charge >= 0.3 is 12.1 Å². The third-order valence-electron chi connectivity index (χ3n) is 5.85. The van der Waals surface area contributed by atoms with Crippen molar-refractivity contribution in [1.29, 1.82) is 0 Å². The fourth-order valence-corrected chi connectivity index (χ4v) is 4.38. The van der Waals surface area contributed by atoms with Crippen LogP contribution in [0.1, 0.15) is 53.4 Å². The number of carbonyl (C=O) groups is 2. The Balaban J connectivity index is 1.33. The maximum absolute atomic E-state index is 12.3.